The summed E-state index contributed by atoms with van der Waals surface area (Å²) in [6.45, 7) is 14.1. The zero-order chi connectivity index (χ0) is 35.2. The predicted molar refractivity (Wildman–Crippen MR) is 177 cm³/mol. The molecule has 10 nitrogen and oxygen atoms in total. The second kappa shape index (κ2) is 12.5. The summed E-state index contributed by atoms with van der Waals surface area (Å²) in [5.41, 5.74) is 0.435. The van der Waals surface area contributed by atoms with E-state index in [0.717, 1.165) is 50.5 Å². The molecule has 2 spiro atoms. The van der Waals surface area contributed by atoms with Crippen molar-refractivity contribution in [2.24, 2.45) is 50.7 Å². The Balaban J connectivity index is 1.23. The molecule has 0 aromatic heterocycles. The van der Waals surface area contributed by atoms with Gasteiger partial charge < -0.3 is 44.8 Å². The molecule has 6 fully saturated rings. The Morgan fingerprint density at radius 1 is 0.958 bits per heavy atom. The van der Waals surface area contributed by atoms with Gasteiger partial charge in [0.15, 0.2) is 12.4 Å². The number of hydrogen-bond acceptors (Lipinski definition) is 10. The Morgan fingerprint density at radius 3 is 2.31 bits per heavy atom. The van der Waals surface area contributed by atoms with E-state index in [9.17, 15) is 35.4 Å². The number of esters is 1. The van der Waals surface area contributed by atoms with Crippen LogP contribution >= 0.6 is 0 Å². The SMILES string of the molecule is CC(=O)O[C@H]1[C@H](O[C@H]2CC[C@]34C[C@]35CC[C@]3(C)[C@@H]([C@H](C)CC/C=C(\C)CO)[C@@H](O)C[C@@]3(C)[C@@H]5C[C@H](O)C4C2(C)C)O[C@H](CO)[C@@H](O)[C@@H]1O. The molecule has 0 bridgehead atoms. The van der Waals surface area contributed by atoms with E-state index < -0.39 is 54.8 Å². The highest BCUT2D eigenvalue weighted by molar-refractivity contribution is 5.66. The first-order valence-electron chi connectivity index (χ1n) is 18.5. The first-order chi connectivity index (χ1) is 22.4. The smallest absolute Gasteiger partial charge is 0.303 e. The van der Waals surface area contributed by atoms with Crippen LogP contribution < -0.4 is 0 Å². The van der Waals surface area contributed by atoms with Crippen molar-refractivity contribution in [3.05, 3.63) is 11.6 Å². The summed E-state index contributed by atoms with van der Waals surface area (Å²) in [4.78, 5) is 11.9. The molecule has 0 radical (unpaired) electrons. The van der Waals surface area contributed by atoms with E-state index in [-0.39, 0.29) is 52.3 Å². The second-order valence-corrected chi connectivity index (χ2v) is 18.0. The van der Waals surface area contributed by atoms with Crippen LogP contribution in [0.25, 0.3) is 0 Å². The Hall–Kier alpha value is -1.11. The summed E-state index contributed by atoms with van der Waals surface area (Å²) in [5.74, 6) is 0.165. The van der Waals surface area contributed by atoms with Gasteiger partial charge in [0, 0.05) is 6.92 Å². The molecule has 0 aromatic carbocycles. The van der Waals surface area contributed by atoms with Crippen LogP contribution in [0.3, 0.4) is 0 Å². The number of rotatable bonds is 9. The van der Waals surface area contributed by atoms with Gasteiger partial charge in [0.1, 0.15) is 18.3 Å². The molecule has 1 unspecified atom stereocenters. The van der Waals surface area contributed by atoms with Crippen molar-refractivity contribution in [2.75, 3.05) is 13.2 Å². The Labute approximate surface area is 286 Å². The van der Waals surface area contributed by atoms with Crippen molar-refractivity contribution in [3.63, 3.8) is 0 Å². The summed E-state index contributed by atoms with van der Waals surface area (Å²) < 4.78 is 17.9. The maximum Gasteiger partial charge on any atom is 0.303 e. The minimum Gasteiger partial charge on any atom is -0.454 e. The van der Waals surface area contributed by atoms with Crippen LogP contribution in [-0.4, -0.2) is 98.8 Å². The normalized spacial score (nSPS) is 51.6. The maximum atomic E-state index is 12.2. The van der Waals surface area contributed by atoms with Gasteiger partial charge in [-0.05, 0) is 115 Å². The minimum atomic E-state index is -1.48. The summed E-state index contributed by atoms with van der Waals surface area (Å²) in [7, 11) is 0. The number of carbonyl (C=O) groups is 1. The van der Waals surface area contributed by atoms with Crippen LogP contribution in [0, 0.1) is 50.7 Å². The van der Waals surface area contributed by atoms with E-state index >= 15 is 0 Å². The lowest BCUT2D eigenvalue weighted by Gasteiger charge is -2.64. The third-order valence-corrected chi connectivity index (χ3v) is 15.5. The molecular formula is C38H62O10. The molecule has 6 aliphatic rings. The molecule has 1 heterocycles. The fraction of sp³-hybridized carbons (Fsp3) is 0.921. The predicted octanol–water partition coefficient (Wildman–Crippen LogP) is 3.48. The van der Waals surface area contributed by atoms with Crippen LogP contribution in [0.4, 0.5) is 0 Å². The molecule has 6 N–H and O–H groups in total. The average molecular weight is 679 g/mol. The molecule has 6 rings (SSSR count). The topological polar surface area (TPSA) is 166 Å². The largest absolute Gasteiger partial charge is 0.454 e. The van der Waals surface area contributed by atoms with Gasteiger partial charge in [-0.25, -0.2) is 0 Å². The highest BCUT2D eigenvalue weighted by Crippen LogP contribution is 2.89. The number of hydrogen-bond donors (Lipinski definition) is 6. The van der Waals surface area contributed by atoms with E-state index in [1.165, 1.54) is 6.92 Å². The van der Waals surface area contributed by atoms with Gasteiger partial charge in [-0.15, -0.1) is 0 Å². The van der Waals surface area contributed by atoms with Crippen molar-refractivity contribution >= 4 is 5.97 Å². The quantitative estimate of drug-likeness (QED) is 0.121. The summed E-state index contributed by atoms with van der Waals surface area (Å²) >= 11 is 0. The molecule has 274 valence electrons. The minimum absolute atomic E-state index is 0.0314. The molecule has 1 saturated heterocycles. The van der Waals surface area contributed by atoms with Crippen LogP contribution in [0.2, 0.25) is 0 Å². The highest BCUT2D eigenvalue weighted by Gasteiger charge is 2.84. The lowest BCUT2D eigenvalue weighted by Crippen LogP contribution is -2.64. The summed E-state index contributed by atoms with van der Waals surface area (Å²) in [6, 6.07) is 0. The van der Waals surface area contributed by atoms with Gasteiger partial charge in [-0.2, -0.15) is 0 Å². The number of ether oxygens (including phenoxy) is 3. The van der Waals surface area contributed by atoms with Crippen molar-refractivity contribution in [1.29, 1.82) is 0 Å². The van der Waals surface area contributed by atoms with Crippen LogP contribution in [-0.2, 0) is 19.0 Å². The van der Waals surface area contributed by atoms with E-state index in [2.05, 4.69) is 40.7 Å². The highest BCUT2D eigenvalue weighted by atomic mass is 16.7. The molecule has 10 heteroatoms. The molecule has 48 heavy (non-hydrogen) atoms. The fourth-order valence-corrected chi connectivity index (χ4v) is 13.2. The van der Waals surface area contributed by atoms with Gasteiger partial charge in [0.25, 0.3) is 0 Å². The van der Waals surface area contributed by atoms with E-state index in [0.29, 0.717) is 24.7 Å². The summed E-state index contributed by atoms with van der Waals surface area (Å²) in [6.07, 6.45) is 2.49. The van der Waals surface area contributed by atoms with Gasteiger partial charge in [0.2, 0.25) is 0 Å². The number of carbonyl (C=O) groups excluding carboxylic acids is 1. The van der Waals surface area contributed by atoms with Gasteiger partial charge >= 0.3 is 5.97 Å². The van der Waals surface area contributed by atoms with Crippen molar-refractivity contribution in [3.8, 4) is 0 Å². The van der Waals surface area contributed by atoms with E-state index in [4.69, 9.17) is 14.2 Å². The van der Waals surface area contributed by atoms with Gasteiger partial charge in [-0.1, -0.05) is 46.3 Å². The third-order valence-electron chi connectivity index (χ3n) is 15.5. The van der Waals surface area contributed by atoms with Gasteiger partial charge in [0.05, 0.1) is 31.5 Å². The summed E-state index contributed by atoms with van der Waals surface area (Å²) in [5, 5.41) is 64.5. The Kier molecular flexibility index (Phi) is 9.58. The van der Waals surface area contributed by atoms with E-state index in [1.807, 2.05) is 6.92 Å². The zero-order valence-corrected chi connectivity index (χ0v) is 30.1. The monoisotopic (exact) mass is 678 g/mol. The van der Waals surface area contributed by atoms with Crippen molar-refractivity contribution in [1.82, 2.24) is 0 Å². The number of fused-ring (bicyclic) bond motifs is 2. The molecular weight excluding hydrogens is 616 g/mol. The lowest BCUT2D eigenvalue weighted by atomic mass is 9.41. The first-order valence-corrected chi connectivity index (χ1v) is 18.5. The second-order valence-electron chi connectivity index (χ2n) is 18.0. The zero-order valence-electron chi connectivity index (χ0n) is 30.1. The Morgan fingerprint density at radius 2 is 1.67 bits per heavy atom. The first kappa shape index (κ1) is 36.7. The fourth-order valence-electron chi connectivity index (χ4n) is 13.2. The third kappa shape index (κ3) is 5.21. The number of aliphatic hydroxyl groups excluding tert-OH is 6. The molecule has 0 aromatic rings. The maximum absolute atomic E-state index is 12.2. The molecule has 1 aliphatic heterocycles. The average Bonchev–Trinajstić information content (AvgIpc) is 3.60. The Bertz CT molecular complexity index is 1250. The molecule has 16 atom stereocenters. The lowest BCUT2D eigenvalue weighted by molar-refractivity contribution is -0.330. The van der Waals surface area contributed by atoms with Gasteiger partial charge in [-0.3, -0.25) is 4.79 Å². The van der Waals surface area contributed by atoms with Crippen molar-refractivity contribution < 1.29 is 49.6 Å². The number of aliphatic hydroxyl groups is 6. The molecule has 0 amide bonds. The standard InChI is InChI=1S/C38H62O10/c1-20(17-39)9-8-10-21(2)28-24(43)16-36(7)26-15-23(42)32-34(4,5)27(11-12-38(32)19-37(26,38)14-13-35(28,36)6)48-33-31(46-22(3)41)30(45)29(44)25(18-40)47-33/h9,21,23-33,39-40,42-45H,8,10-19H2,1-7H3/b20-9+/t21-,23+,24+,25-,26+,27+,28+,29-,30+,31-,32?,33+,35-,36+,37+,38-/m1/s1. The van der Waals surface area contributed by atoms with Crippen LogP contribution in [0.15, 0.2) is 11.6 Å². The molecule has 5 saturated carbocycles. The molecule has 5 aliphatic carbocycles. The van der Waals surface area contributed by atoms with Crippen molar-refractivity contribution in [2.45, 2.75) is 155 Å². The van der Waals surface area contributed by atoms with Crippen LogP contribution in [0.1, 0.15) is 106 Å². The van der Waals surface area contributed by atoms with E-state index in [1.54, 1.807) is 0 Å². The number of allylic oxidation sites excluding steroid dienone is 1. The van der Waals surface area contributed by atoms with Crippen LogP contribution in [0.5, 0.6) is 0 Å².